The minimum absolute atomic E-state index is 0. The first-order valence-electron chi connectivity index (χ1n) is 9.38. The monoisotopic (exact) mass is 350 g/mol. The molecule has 0 amide bonds. The Kier molecular flexibility index (Phi) is 8.70. The van der Waals surface area contributed by atoms with Crippen molar-refractivity contribution in [1.82, 2.24) is 4.90 Å². The SMILES string of the molecule is CC(C)c1cc(C2CCCCC2)c(C(C)C)[c-]1CCN(C)C.[Ti+3]. The number of rotatable bonds is 6. The van der Waals surface area contributed by atoms with E-state index < -0.39 is 0 Å². The second-order valence-electron chi connectivity index (χ2n) is 8.14. The summed E-state index contributed by atoms with van der Waals surface area (Å²) in [7, 11) is 4.38. The van der Waals surface area contributed by atoms with E-state index in [4.69, 9.17) is 0 Å². The third-order valence-corrected chi connectivity index (χ3v) is 5.35. The molecular weight excluding hydrogens is 314 g/mol. The third kappa shape index (κ3) is 5.25. The van der Waals surface area contributed by atoms with Crippen LogP contribution in [-0.4, -0.2) is 25.5 Å². The molecule has 1 aliphatic rings. The Morgan fingerprint density at radius 1 is 1.04 bits per heavy atom. The fraction of sp³-hybridized carbons (Fsp3) is 0.762. The van der Waals surface area contributed by atoms with E-state index in [1.54, 1.807) is 22.3 Å². The summed E-state index contributed by atoms with van der Waals surface area (Å²) in [5, 5.41) is 0. The molecule has 0 spiro atoms. The Labute approximate surface area is 159 Å². The topological polar surface area (TPSA) is 3.24 Å². The van der Waals surface area contributed by atoms with Gasteiger partial charge >= 0.3 is 21.7 Å². The van der Waals surface area contributed by atoms with E-state index in [2.05, 4.69) is 52.8 Å². The Balaban J connectivity index is 0.00000264. The van der Waals surface area contributed by atoms with Crippen LogP contribution in [0.1, 0.15) is 99.8 Å². The minimum atomic E-state index is 0. The molecule has 127 valence electrons. The van der Waals surface area contributed by atoms with Gasteiger partial charge in [-0.1, -0.05) is 72.1 Å². The standard InChI is InChI=1S/C21H36N.Ti/c1-15(2)19-14-20(17-10-8-7-9-11-17)21(16(3)4)18(19)12-13-22(5)6;/h14-17H,7-13H2,1-6H3;/q-1;+3. The van der Waals surface area contributed by atoms with Crippen molar-refractivity contribution in [2.75, 3.05) is 20.6 Å². The number of hydrogen-bond donors (Lipinski definition) is 0. The van der Waals surface area contributed by atoms with E-state index in [0.29, 0.717) is 11.8 Å². The molecular formula is C21H36NTi+2. The molecule has 1 radical (unpaired) electrons. The summed E-state index contributed by atoms with van der Waals surface area (Å²) in [4.78, 5) is 2.32. The molecule has 2 rings (SSSR count). The van der Waals surface area contributed by atoms with Crippen molar-refractivity contribution in [3.63, 3.8) is 0 Å². The predicted octanol–water partition coefficient (Wildman–Crippen LogP) is 5.80. The molecule has 1 fully saturated rings. The van der Waals surface area contributed by atoms with E-state index in [-0.39, 0.29) is 21.7 Å². The Hall–Kier alpha value is 0.0243. The third-order valence-electron chi connectivity index (χ3n) is 5.35. The minimum Gasteiger partial charge on any atom is -0.310 e. The smallest absolute Gasteiger partial charge is 0.310 e. The van der Waals surface area contributed by atoms with Crippen LogP contribution >= 0.6 is 0 Å². The average molecular weight is 350 g/mol. The zero-order valence-corrected chi connectivity index (χ0v) is 17.8. The maximum atomic E-state index is 2.60. The van der Waals surface area contributed by atoms with E-state index in [1.807, 2.05) is 0 Å². The summed E-state index contributed by atoms with van der Waals surface area (Å²) in [6.07, 6.45) is 8.33. The Morgan fingerprint density at radius 3 is 2.13 bits per heavy atom. The molecule has 1 aromatic carbocycles. The molecule has 0 heterocycles. The maximum Gasteiger partial charge on any atom is 3.00 e. The van der Waals surface area contributed by atoms with Crippen molar-refractivity contribution in [2.45, 2.75) is 84.0 Å². The van der Waals surface area contributed by atoms with Crippen LogP contribution in [0.5, 0.6) is 0 Å². The Morgan fingerprint density at radius 2 is 1.65 bits per heavy atom. The van der Waals surface area contributed by atoms with Crippen LogP contribution in [0.15, 0.2) is 6.07 Å². The van der Waals surface area contributed by atoms with Gasteiger partial charge in [-0.2, -0.15) is 16.7 Å². The second-order valence-corrected chi connectivity index (χ2v) is 8.14. The van der Waals surface area contributed by atoms with Gasteiger partial charge < -0.3 is 4.90 Å². The summed E-state index contributed by atoms with van der Waals surface area (Å²) < 4.78 is 0. The van der Waals surface area contributed by atoms with Crippen LogP contribution in [0, 0.1) is 0 Å². The van der Waals surface area contributed by atoms with Crippen LogP contribution in [-0.2, 0) is 28.1 Å². The van der Waals surface area contributed by atoms with Gasteiger partial charge in [0, 0.05) is 0 Å². The number of nitrogens with zero attached hydrogens (tertiary/aromatic N) is 1. The van der Waals surface area contributed by atoms with Crippen molar-refractivity contribution in [3.05, 3.63) is 28.3 Å². The molecule has 1 nitrogen and oxygen atoms in total. The molecule has 0 N–H and O–H groups in total. The van der Waals surface area contributed by atoms with Crippen LogP contribution in [0.4, 0.5) is 0 Å². The van der Waals surface area contributed by atoms with Crippen molar-refractivity contribution in [1.29, 1.82) is 0 Å². The largest absolute Gasteiger partial charge is 3.00 e. The van der Waals surface area contributed by atoms with Crippen LogP contribution in [0.2, 0.25) is 0 Å². The average Bonchev–Trinajstić information content (AvgIpc) is 2.85. The first-order chi connectivity index (χ1) is 10.4. The number of likely N-dealkylation sites (N-methyl/N-ethyl adjacent to an activating group) is 1. The van der Waals surface area contributed by atoms with Crippen LogP contribution < -0.4 is 0 Å². The van der Waals surface area contributed by atoms with Gasteiger partial charge in [-0.25, -0.2) is 6.07 Å². The fourth-order valence-corrected chi connectivity index (χ4v) is 4.22. The first kappa shape index (κ1) is 21.1. The summed E-state index contributed by atoms with van der Waals surface area (Å²) in [6, 6.07) is 2.60. The fourth-order valence-electron chi connectivity index (χ4n) is 4.22. The van der Waals surface area contributed by atoms with Gasteiger partial charge in [0.15, 0.2) is 0 Å². The van der Waals surface area contributed by atoms with Crippen LogP contribution in [0.3, 0.4) is 0 Å². The maximum absolute atomic E-state index is 2.60. The van der Waals surface area contributed by atoms with Crippen molar-refractivity contribution in [2.24, 2.45) is 0 Å². The van der Waals surface area contributed by atoms with Gasteiger partial charge in [-0.3, -0.25) is 0 Å². The zero-order chi connectivity index (χ0) is 16.3. The summed E-state index contributed by atoms with van der Waals surface area (Å²) in [5.74, 6) is 2.13. The predicted molar refractivity (Wildman–Crippen MR) is 98.3 cm³/mol. The quantitative estimate of drug-likeness (QED) is 0.463. The molecule has 1 saturated carbocycles. The molecule has 0 aliphatic heterocycles. The molecule has 1 aromatic rings. The molecule has 2 heteroatoms. The molecule has 0 saturated heterocycles. The van der Waals surface area contributed by atoms with Gasteiger partial charge in [0.2, 0.25) is 0 Å². The summed E-state index contributed by atoms with van der Waals surface area (Å²) >= 11 is 0. The first-order valence-corrected chi connectivity index (χ1v) is 9.38. The summed E-state index contributed by atoms with van der Waals surface area (Å²) in [6.45, 7) is 10.7. The normalized spacial score (nSPS) is 16.4. The van der Waals surface area contributed by atoms with E-state index in [0.717, 1.165) is 12.5 Å². The zero-order valence-electron chi connectivity index (χ0n) is 16.2. The summed E-state index contributed by atoms with van der Waals surface area (Å²) in [5.41, 5.74) is 6.73. The van der Waals surface area contributed by atoms with Gasteiger partial charge in [-0.15, -0.1) is 5.56 Å². The second kappa shape index (κ2) is 9.49. The van der Waals surface area contributed by atoms with E-state index in [9.17, 15) is 0 Å². The van der Waals surface area contributed by atoms with Crippen molar-refractivity contribution >= 4 is 0 Å². The van der Waals surface area contributed by atoms with Gasteiger partial charge in [0.05, 0.1) is 0 Å². The van der Waals surface area contributed by atoms with E-state index in [1.165, 1.54) is 38.5 Å². The van der Waals surface area contributed by atoms with Gasteiger partial charge in [0.25, 0.3) is 0 Å². The van der Waals surface area contributed by atoms with Crippen molar-refractivity contribution < 1.29 is 21.7 Å². The van der Waals surface area contributed by atoms with Crippen LogP contribution in [0.25, 0.3) is 0 Å². The molecule has 0 unspecified atom stereocenters. The number of hydrogen-bond acceptors (Lipinski definition) is 1. The van der Waals surface area contributed by atoms with Gasteiger partial charge in [0.1, 0.15) is 0 Å². The van der Waals surface area contributed by atoms with Gasteiger partial charge in [-0.05, 0) is 32.5 Å². The molecule has 0 atom stereocenters. The molecule has 1 aliphatic carbocycles. The van der Waals surface area contributed by atoms with Crippen molar-refractivity contribution in [3.8, 4) is 0 Å². The molecule has 0 aromatic heterocycles. The Bertz CT molecular complexity index is 464. The van der Waals surface area contributed by atoms with E-state index >= 15 is 0 Å². The molecule has 23 heavy (non-hydrogen) atoms. The molecule has 0 bridgehead atoms.